The van der Waals surface area contributed by atoms with E-state index in [2.05, 4.69) is 61.1 Å². The lowest BCUT2D eigenvalue weighted by atomic mass is 10.2. The van der Waals surface area contributed by atoms with Gasteiger partial charge in [-0.2, -0.15) is 0 Å². The summed E-state index contributed by atoms with van der Waals surface area (Å²) in [7, 11) is 1.83. The molecule has 0 saturated carbocycles. The Hall–Kier alpha value is -1.84. The lowest BCUT2D eigenvalue weighted by Crippen LogP contribution is -2.44. The van der Waals surface area contributed by atoms with Crippen LogP contribution in [0.2, 0.25) is 0 Å². The largest absolute Gasteiger partial charge is 0.369 e. The first-order chi connectivity index (χ1) is 12.3. The molecule has 142 valence electrons. The number of hydrogen-bond acceptors (Lipinski definition) is 4. The number of halogens is 1. The Morgan fingerprint density at radius 3 is 2.69 bits per heavy atom. The molecule has 1 aromatic heterocycles. The predicted molar refractivity (Wildman–Crippen MR) is 116 cm³/mol. The fourth-order valence-corrected chi connectivity index (χ4v) is 3.10. The van der Waals surface area contributed by atoms with Gasteiger partial charge in [0.2, 0.25) is 0 Å². The molecule has 1 aliphatic rings. The van der Waals surface area contributed by atoms with Crippen LogP contribution in [0.1, 0.15) is 19.3 Å². The van der Waals surface area contributed by atoms with Gasteiger partial charge in [-0.25, -0.2) is 0 Å². The van der Waals surface area contributed by atoms with Gasteiger partial charge in [0, 0.05) is 45.0 Å². The van der Waals surface area contributed by atoms with Gasteiger partial charge in [-0.05, 0) is 31.4 Å². The molecule has 1 atom stereocenters. The fraction of sp³-hybridized carbons (Fsp3) is 0.500. The van der Waals surface area contributed by atoms with E-state index in [1.807, 2.05) is 11.6 Å². The van der Waals surface area contributed by atoms with Crippen LogP contribution in [0.5, 0.6) is 0 Å². The molecule has 3 rings (SSSR count). The lowest BCUT2D eigenvalue weighted by molar-refractivity contribution is 0.590. The molecule has 2 heterocycles. The number of rotatable bonds is 7. The number of para-hydroxylation sites is 1. The average molecular weight is 469 g/mol. The Bertz CT molecular complexity index is 645. The third-order valence-corrected chi connectivity index (χ3v) is 4.48. The predicted octanol–water partition coefficient (Wildman–Crippen LogP) is 2.12. The van der Waals surface area contributed by atoms with Crippen LogP contribution in [0.15, 0.2) is 48.0 Å². The first kappa shape index (κ1) is 20.5. The number of aromatic nitrogens is 3. The molecular formula is C18H28IN7. The zero-order chi connectivity index (χ0) is 17.3. The standard InChI is InChI=1S/C18H27N7.HI/c1-19-18(20-10-5-6-11-24-14-21-22-15-24)23-16-9-12-25(13-16)17-7-3-2-4-8-17;/h2-4,7-8,14-16H,5-6,9-13H2,1H3,(H2,19,20,23);1H. The van der Waals surface area contributed by atoms with Crippen molar-refractivity contribution in [1.82, 2.24) is 25.4 Å². The van der Waals surface area contributed by atoms with Crippen LogP contribution in [0.4, 0.5) is 5.69 Å². The van der Waals surface area contributed by atoms with E-state index >= 15 is 0 Å². The lowest BCUT2D eigenvalue weighted by Gasteiger charge is -2.20. The molecule has 8 heteroatoms. The molecule has 2 N–H and O–H groups in total. The number of guanidine groups is 1. The highest BCUT2D eigenvalue weighted by Gasteiger charge is 2.23. The average Bonchev–Trinajstić information content (AvgIpc) is 3.33. The Balaban J connectivity index is 0.00000243. The fourth-order valence-electron chi connectivity index (χ4n) is 3.10. The van der Waals surface area contributed by atoms with Crippen LogP contribution in [0, 0.1) is 0 Å². The molecule has 0 aliphatic carbocycles. The van der Waals surface area contributed by atoms with Gasteiger partial charge in [-0.15, -0.1) is 34.2 Å². The minimum atomic E-state index is 0. The third-order valence-electron chi connectivity index (χ3n) is 4.48. The number of nitrogens with zero attached hydrogens (tertiary/aromatic N) is 5. The van der Waals surface area contributed by atoms with Crippen LogP contribution in [0.3, 0.4) is 0 Å². The van der Waals surface area contributed by atoms with E-state index in [0.29, 0.717) is 6.04 Å². The molecule has 0 amide bonds. The molecule has 1 fully saturated rings. The molecule has 1 unspecified atom stereocenters. The maximum Gasteiger partial charge on any atom is 0.191 e. The van der Waals surface area contributed by atoms with Gasteiger partial charge in [0.25, 0.3) is 0 Å². The van der Waals surface area contributed by atoms with Crippen molar-refractivity contribution >= 4 is 35.6 Å². The van der Waals surface area contributed by atoms with Gasteiger partial charge < -0.3 is 20.1 Å². The molecule has 26 heavy (non-hydrogen) atoms. The SMILES string of the molecule is CN=C(NCCCCn1cnnc1)NC1CCN(c2ccccc2)C1.I. The maximum absolute atomic E-state index is 4.35. The third kappa shape index (κ3) is 6.15. The summed E-state index contributed by atoms with van der Waals surface area (Å²) in [6, 6.07) is 11.0. The van der Waals surface area contributed by atoms with E-state index in [9.17, 15) is 0 Å². The number of hydrogen-bond donors (Lipinski definition) is 2. The van der Waals surface area contributed by atoms with Crippen LogP contribution in [-0.2, 0) is 6.54 Å². The van der Waals surface area contributed by atoms with Gasteiger partial charge in [0.15, 0.2) is 5.96 Å². The second-order valence-electron chi connectivity index (χ2n) is 6.32. The first-order valence-electron chi connectivity index (χ1n) is 8.95. The second-order valence-corrected chi connectivity index (χ2v) is 6.32. The number of aliphatic imine (C=N–C) groups is 1. The Kier molecular flexibility index (Phi) is 8.66. The van der Waals surface area contributed by atoms with E-state index < -0.39 is 0 Å². The van der Waals surface area contributed by atoms with Gasteiger partial charge in [-0.1, -0.05) is 18.2 Å². The minimum absolute atomic E-state index is 0. The minimum Gasteiger partial charge on any atom is -0.369 e. The Morgan fingerprint density at radius 2 is 1.96 bits per heavy atom. The number of benzene rings is 1. The normalized spacial score (nSPS) is 17.0. The van der Waals surface area contributed by atoms with Crippen LogP contribution in [0.25, 0.3) is 0 Å². The molecule has 2 aromatic rings. The smallest absolute Gasteiger partial charge is 0.191 e. The second kappa shape index (κ2) is 11.0. The Morgan fingerprint density at radius 1 is 1.19 bits per heavy atom. The summed E-state index contributed by atoms with van der Waals surface area (Å²) in [4.78, 5) is 6.77. The summed E-state index contributed by atoms with van der Waals surface area (Å²) < 4.78 is 2.00. The molecule has 0 bridgehead atoms. The maximum atomic E-state index is 4.35. The summed E-state index contributed by atoms with van der Waals surface area (Å²) >= 11 is 0. The number of unbranched alkanes of at least 4 members (excludes halogenated alkanes) is 1. The van der Waals surface area contributed by atoms with E-state index in [4.69, 9.17) is 0 Å². The molecule has 1 aromatic carbocycles. The van der Waals surface area contributed by atoms with Crippen molar-refractivity contribution in [3.63, 3.8) is 0 Å². The summed E-state index contributed by atoms with van der Waals surface area (Å²) in [5.74, 6) is 0.893. The molecule has 1 aliphatic heterocycles. The highest BCUT2D eigenvalue weighted by molar-refractivity contribution is 14.0. The van der Waals surface area contributed by atoms with Crippen molar-refractivity contribution in [2.75, 3.05) is 31.6 Å². The molecule has 7 nitrogen and oxygen atoms in total. The first-order valence-corrected chi connectivity index (χ1v) is 8.95. The van der Waals surface area contributed by atoms with E-state index in [1.54, 1.807) is 12.7 Å². The van der Waals surface area contributed by atoms with Crippen molar-refractivity contribution in [1.29, 1.82) is 0 Å². The van der Waals surface area contributed by atoms with E-state index in [-0.39, 0.29) is 24.0 Å². The summed E-state index contributed by atoms with van der Waals surface area (Å²) in [5, 5.41) is 14.6. The Labute approximate surface area is 172 Å². The van der Waals surface area contributed by atoms with Crippen LogP contribution in [-0.4, -0.2) is 53.4 Å². The monoisotopic (exact) mass is 469 g/mol. The topological polar surface area (TPSA) is 70.4 Å². The molecule has 0 radical (unpaired) electrons. The summed E-state index contributed by atoms with van der Waals surface area (Å²) in [6.07, 6.45) is 6.81. The van der Waals surface area contributed by atoms with Crippen molar-refractivity contribution < 1.29 is 0 Å². The van der Waals surface area contributed by atoms with Crippen LogP contribution < -0.4 is 15.5 Å². The highest BCUT2D eigenvalue weighted by atomic mass is 127. The number of nitrogens with one attached hydrogen (secondary N) is 2. The molecule has 0 spiro atoms. The number of aryl methyl sites for hydroxylation is 1. The highest BCUT2D eigenvalue weighted by Crippen LogP contribution is 2.19. The van der Waals surface area contributed by atoms with E-state index in [1.165, 1.54) is 5.69 Å². The van der Waals surface area contributed by atoms with Gasteiger partial charge >= 0.3 is 0 Å². The van der Waals surface area contributed by atoms with Crippen molar-refractivity contribution in [3.8, 4) is 0 Å². The quantitative estimate of drug-likeness (QED) is 0.282. The zero-order valence-electron chi connectivity index (χ0n) is 15.2. The summed E-state index contributed by atoms with van der Waals surface area (Å²) in [6.45, 7) is 3.96. The van der Waals surface area contributed by atoms with Gasteiger partial charge in [-0.3, -0.25) is 4.99 Å². The molecular weight excluding hydrogens is 441 g/mol. The van der Waals surface area contributed by atoms with Crippen molar-refractivity contribution in [3.05, 3.63) is 43.0 Å². The summed E-state index contributed by atoms with van der Waals surface area (Å²) in [5.41, 5.74) is 1.30. The van der Waals surface area contributed by atoms with Crippen LogP contribution >= 0.6 is 24.0 Å². The molecule has 1 saturated heterocycles. The van der Waals surface area contributed by atoms with Crippen molar-refractivity contribution in [2.45, 2.75) is 31.8 Å². The zero-order valence-corrected chi connectivity index (χ0v) is 17.5. The van der Waals surface area contributed by atoms with Crippen molar-refractivity contribution in [2.24, 2.45) is 4.99 Å². The van der Waals surface area contributed by atoms with Gasteiger partial charge in [0.05, 0.1) is 0 Å². The van der Waals surface area contributed by atoms with E-state index in [0.717, 1.165) is 51.4 Å². The number of anilines is 1. The van der Waals surface area contributed by atoms with Gasteiger partial charge in [0.1, 0.15) is 12.7 Å².